The summed E-state index contributed by atoms with van der Waals surface area (Å²) in [6, 6.07) is 15.2. The minimum absolute atomic E-state index is 0.227. The Labute approximate surface area is 236 Å². The van der Waals surface area contributed by atoms with Crippen molar-refractivity contribution in [3.05, 3.63) is 54.2 Å². The number of nitrogens with zero attached hydrogens (tertiary/aromatic N) is 3. The van der Waals surface area contributed by atoms with Gasteiger partial charge in [-0.25, -0.2) is 0 Å². The molecule has 7 heteroatoms. The summed E-state index contributed by atoms with van der Waals surface area (Å²) in [5.41, 5.74) is 5.56. The molecule has 3 aromatic rings. The Bertz CT molecular complexity index is 1240. The van der Waals surface area contributed by atoms with Gasteiger partial charge < -0.3 is 23.7 Å². The van der Waals surface area contributed by atoms with Gasteiger partial charge in [0.2, 0.25) is 0 Å². The summed E-state index contributed by atoms with van der Waals surface area (Å²) in [4.78, 5) is 9.49. The number of hydrogen-bond donors (Lipinski definition) is 0. The van der Waals surface area contributed by atoms with Crippen LogP contribution >= 0.6 is 0 Å². The fourth-order valence-corrected chi connectivity index (χ4v) is 6.96. The van der Waals surface area contributed by atoms with Crippen LogP contribution in [0.4, 0.5) is 17.1 Å². The summed E-state index contributed by atoms with van der Waals surface area (Å²) in [6.07, 6.45) is 5.67. The van der Waals surface area contributed by atoms with Crippen molar-refractivity contribution in [1.82, 2.24) is 4.98 Å². The van der Waals surface area contributed by atoms with Crippen molar-refractivity contribution in [3.63, 3.8) is 0 Å². The van der Waals surface area contributed by atoms with Crippen molar-refractivity contribution in [3.8, 4) is 5.75 Å². The molecule has 0 saturated carbocycles. The average molecular weight is 550 g/mol. The third-order valence-corrected chi connectivity index (χ3v) is 12.9. The molecule has 1 aliphatic rings. The zero-order valence-corrected chi connectivity index (χ0v) is 26.0. The fourth-order valence-electron chi connectivity index (χ4n) is 5.19. The minimum atomic E-state index is -1.91. The molecule has 0 amide bonds. The molecule has 0 unspecified atom stereocenters. The lowest BCUT2D eigenvalue weighted by Crippen LogP contribution is -2.44. The highest BCUT2D eigenvalue weighted by atomic mass is 28.4. The van der Waals surface area contributed by atoms with Crippen LogP contribution in [-0.4, -0.2) is 59.9 Å². The van der Waals surface area contributed by atoms with Gasteiger partial charge in [-0.1, -0.05) is 33.6 Å². The number of aryl methyl sites for hydroxylation is 1. The van der Waals surface area contributed by atoms with Gasteiger partial charge in [-0.3, -0.25) is 4.98 Å². The van der Waals surface area contributed by atoms with Crippen LogP contribution in [-0.2, 0) is 9.16 Å². The minimum Gasteiger partial charge on any atom is -0.497 e. The number of unbranched alkanes of at least 4 members (excludes halogenated alkanes) is 1. The van der Waals surface area contributed by atoms with E-state index < -0.39 is 8.32 Å². The Morgan fingerprint density at radius 1 is 1.05 bits per heavy atom. The van der Waals surface area contributed by atoms with E-state index in [0.717, 1.165) is 66.6 Å². The van der Waals surface area contributed by atoms with E-state index in [9.17, 15) is 0 Å². The van der Waals surface area contributed by atoms with Gasteiger partial charge in [-0.2, -0.15) is 0 Å². The van der Waals surface area contributed by atoms with E-state index in [0.29, 0.717) is 6.61 Å². The van der Waals surface area contributed by atoms with Gasteiger partial charge in [0, 0.05) is 42.5 Å². The van der Waals surface area contributed by atoms with Crippen LogP contribution in [0.2, 0.25) is 18.1 Å². The number of pyridine rings is 1. The number of rotatable bonds is 12. The molecule has 1 aromatic heterocycles. The fraction of sp³-hybridized carbons (Fsp3) is 0.531. The van der Waals surface area contributed by atoms with E-state index in [1.165, 1.54) is 24.8 Å². The van der Waals surface area contributed by atoms with Gasteiger partial charge in [0.25, 0.3) is 0 Å². The molecular weight excluding hydrogens is 502 g/mol. The standard InChI is InChI=1S/C32H47N3O3Si/c1-8-9-12-32(3,4)39(6,7)38-18-15-35(28-19-25(2)20-30(23-28)36-5)27-10-11-31-26(21-27)22-29(24-33-31)34-13-16-37-17-14-34/h10-11,19-24H,8-9,12-18H2,1-7H3. The van der Waals surface area contributed by atoms with Gasteiger partial charge in [0.05, 0.1) is 44.3 Å². The summed E-state index contributed by atoms with van der Waals surface area (Å²) in [5, 5.41) is 1.36. The third-order valence-electron chi connectivity index (χ3n) is 8.48. The molecule has 39 heavy (non-hydrogen) atoms. The van der Waals surface area contributed by atoms with Gasteiger partial charge >= 0.3 is 0 Å². The molecule has 1 aliphatic heterocycles. The summed E-state index contributed by atoms with van der Waals surface area (Å²) in [6.45, 7) is 18.7. The normalized spacial score (nSPS) is 14.6. The van der Waals surface area contributed by atoms with Crippen LogP contribution in [0.5, 0.6) is 5.75 Å². The smallest absolute Gasteiger partial charge is 0.192 e. The Morgan fingerprint density at radius 2 is 1.82 bits per heavy atom. The predicted molar refractivity (Wildman–Crippen MR) is 167 cm³/mol. The summed E-state index contributed by atoms with van der Waals surface area (Å²) >= 11 is 0. The van der Waals surface area contributed by atoms with Gasteiger partial charge in [-0.15, -0.1) is 0 Å². The quantitative estimate of drug-likeness (QED) is 0.216. The molecule has 0 N–H and O–H groups in total. The van der Waals surface area contributed by atoms with Crippen LogP contribution in [0, 0.1) is 6.92 Å². The Morgan fingerprint density at radius 3 is 2.54 bits per heavy atom. The number of methoxy groups -OCH3 is 1. The zero-order valence-electron chi connectivity index (χ0n) is 25.0. The number of ether oxygens (including phenoxy) is 2. The van der Waals surface area contributed by atoms with Crippen LogP contribution < -0.4 is 14.5 Å². The number of morpholine rings is 1. The number of fused-ring (bicyclic) bond motifs is 1. The van der Waals surface area contributed by atoms with Crippen LogP contribution in [0.1, 0.15) is 45.6 Å². The van der Waals surface area contributed by atoms with Crippen LogP contribution in [0.3, 0.4) is 0 Å². The van der Waals surface area contributed by atoms with E-state index in [2.05, 4.69) is 93.1 Å². The molecule has 6 nitrogen and oxygen atoms in total. The van der Waals surface area contributed by atoms with Crippen molar-refractivity contribution >= 4 is 36.3 Å². The van der Waals surface area contributed by atoms with Crippen molar-refractivity contribution in [2.24, 2.45) is 0 Å². The summed E-state index contributed by atoms with van der Waals surface area (Å²) in [5.74, 6) is 0.864. The predicted octanol–water partition coefficient (Wildman–Crippen LogP) is 7.72. The second-order valence-electron chi connectivity index (χ2n) is 11.9. The maximum atomic E-state index is 6.77. The van der Waals surface area contributed by atoms with Crippen LogP contribution in [0.25, 0.3) is 10.9 Å². The molecule has 1 fully saturated rings. The van der Waals surface area contributed by atoms with E-state index >= 15 is 0 Å². The highest BCUT2D eigenvalue weighted by Crippen LogP contribution is 2.42. The third kappa shape index (κ3) is 7.13. The molecule has 0 aliphatic carbocycles. The molecule has 0 radical (unpaired) electrons. The molecule has 2 aromatic carbocycles. The topological polar surface area (TPSA) is 47.1 Å². The molecular formula is C32H47N3O3Si. The highest BCUT2D eigenvalue weighted by Gasteiger charge is 2.40. The first kappa shape index (κ1) is 29.4. The summed E-state index contributed by atoms with van der Waals surface area (Å²) in [7, 11) is -0.184. The second kappa shape index (κ2) is 12.7. The Kier molecular flexibility index (Phi) is 9.57. The lowest BCUT2D eigenvalue weighted by atomic mass is 10.1. The van der Waals surface area contributed by atoms with Crippen LogP contribution in [0.15, 0.2) is 48.7 Å². The lowest BCUT2D eigenvalue weighted by molar-refractivity contribution is 0.122. The molecule has 2 heterocycles. The lowest BCUT2D eigenvalue weighted by Gasteiger charge is -2.40. The first-order valence-corrected chi connectivity index (χ1v) is 17.3. The summed E-state index contributed by atoms with van der Waals surface area (Å²) < 4.78 is 18.0. The van der Waals surface area contributed by atoms with Gasteiger partial charge in [0.1, 0.15) is 5.75 Å². The maximum Gasteiger partial charge on any atom is 0.192 e. The van der Waals surface area contributed by atoms with E-state index in [-0.39, 0.29) is 5.04 Å². The molecule has 0 bridgehead atoms. The first-order valence-electron chi connectivity index (χ1n) is 14.4. The number of hydrogen-bond acceptors (Lipinski definition) is 6. The maximum absolute atomic E-state index is 6.77. The van der Waals surface area contributed by atoms with Crippen molar-refractivity contribution in [2.45, 2.75) is 65.1 Å². The highest BCUT2D eigenvalue weighted by molar-refractivity contribution is 6.74. The van der Waals surface area contributed by atoms with Crippen molar-refractivity contribution in [1.29, 1.82) is 0 Å². The largest absolute Gasteiger partial charge is 0.497 e. The molecule has 0 atom stereocenters. The molecule has 1 saturated heterocycles. The van der Waals surface area contributed by atoms with E-state index in [1.54, 1.807) is 7.11 Å². The number of aromatic nitrogens is 1. The second-order valence-corrected chi connectivity index (χ2v) is 16.5. The molecule has 4 rings (SSSR count). The Hall–Kier alpha value is -2.61. The van der Waals surface area contributed by atoms with Gasteiger partial charge in [0.15, 0.2) is 8.32 Å². The van der Waals surface area contributed by atoms with Crippen molar-refractivity contribution in [2.75, 3.05) is 56.4 Å². The average Bonchev–Trinajstić information content (AvgIpc) is 2.93. The van der Waals surface area contributed by atoms with E-state index in [1.807, 2.05) is 6.20 Å². The SMILES string of the molecule is CCCCC(C)(C)[Si](C)(C)OCCN(c1cc(C)cc(OC)c1)c1ccc2ncc(N3CCOCC3)cc2c1. The van der Waals surface area contributed by atoms with Gasteiger partial charge in [-0.05, 0) is 73.4 Å². The zero-order chi connectivity index (χ0) is 28.0. The van der Waals surface area contributed by atoms with Crippen molar-refractivity contribution < 1.29 is 13.9 Å². The number of benzene rings is 2. The number of anilines is 3. The first-order chi connectivity index (χ1) is 18.6. The Balaban J connectivity index is 1.64. The van der Waals surface area contributed by atoms with E-state index in [4.69, 9.17) is 18.9 Å². The molecule has 0 spiro atoms. The molecule has 212 valence electrons. The monoisotopic (exact) mass is 549 g/mol.